The van der Waals surface area contributed by atoms with Crippen LogP contribution in [-0.4, -0.2) is 29.5 Å². The molecule has 0 saturated carbocycles. The highest BCUT2D eigenvalue weighted by atomic mass is 35.5. The molecule has 29 heavy (non-hydrogen) atoms. The van der Waals surface area contributed by atoms with Crippen LogP contribution in [0.15, 0.2) is 42.9 Å². The summed E-state index contributed by atoms with van der Waals surface area (Å²) < 4.78 is 3.50. The highest BCUT2D eigenvalue weighted by Crippen LogP contribution is 2.33. The van der Waals surface area contributed by atoms with Crippen molar-refractivity contribution in [3.8, 4) is 28.7 Å². The van der Waals surface area contributed by atoms with Gasteiger partial charge >= 0.3 is 0 Å². The third-order valence-corrected chi connectivity index (χ3v) is 4.94. The number of rotatable bonds is 4. The molecule has 0 unspecified atom stereocenters. The Morgan fingerprint density at radius 2 is 2.07 bits per heavy atom. The van der Waals surface area contributed by atoms with Gasteiger partial charge in [-0.3, -0.25) is 9.36 Å². The van der Waals surface area contributed by atoms with E-state index in [2.05, 4.69) is 26.2 Å². The number of nitrogens with two attached hydrogens (primary N) is 1. The predicted molar refractivity (Wildman–Crippen MR) is 110 cm³/mol. The van der Waals surface area contributed by atoms with Crippen molar-refractivity contribution >= 4 is 17.4 Å². The molecular formula is C20H17ClN8. The summed E-state index contributed by atoms with van der Waals surface area (Å²) in [6.45, 7) is 2.38. The zero-order chi connectivity index (χ0) is 20.5. The van der Waals surface area contributed by atoms with Crippen molar-refractivity contribution in [2.75, 3.05) is 5.73 Å². The van der Waals surface area contributed by atoms with Gasteiger partial charge in [-0.15, -0.1) is 0 Å². The average molecular weight is 405 g/mol. The van der Waals surface area contributed by atoms with Gasteiger partial charge in [-0.2, -0.15) is 15.5 Å². The lowest BCUT2D eigenvalue weighted by Crippen LogP contribution is -2.02. The number of anilines is 1. The zero-order valence-corrected chi connectivity index (χ0v) is 16.6. The van der Waals surface area contributed by atoms with Crippen molar-refractivity contribution in [3.63, 3.8) is 0 Å². The molecule has 0 bridgehead atoms. The highest BCUT2D eigenvalue weighted by Gasteiger charge is 2.17. The number of halogens is 1. The van der Waals surface area contributed by atoms with E-state index in [-0.39, 0.29) is 10.8 Å². The molecule has 4 aromatic rings. The molecule has 0 aliphatic carbocycles. The number of benzene rings is 1. The van der Waals surface area contributed by atoms with Gasteiger partial charge in [-0.25, -0.2) is 9.97 Å². The summed E-state index contributed by atoms with van der Waals surface area (Å²) >= 11 is 6.40. The lowest BCUT2D eigenvalue weighted by Gasteiger charge is -2.10. The van der Waals surface area contributed by atoms with Crippen LogP contribution in [-0.2, 0) is 13.6 Å². The van der Waals surface area contributed by atoms with Gasteiger partial charge in [0.2, 0.25) is 0 Å². The van der Waals surface area contributed by atoms with Crippen LogP contribution < -0.4 is 5.73 Å². The van der Waals surface area contributed by atoms with Gasteiger partial charge in [-0.05, 0) is 24.6 Å². The number of hydrogen-bond acceptors (Lipinski definition) is 6. The monoisotopic (exact) mass is 404 g/mol. The third-order valence-electron chi connectivity index (χ3n) is 4.57. The molecule has 2 N–H and O–H groups in total. The van der Waals surface area contributed by atoms with Crippen molar-refractivity contribution in [3.05, 3.63) is 64.7 Å². The van der Waals surface area contributed by atoms with Gasteiger partial charge < -0.3 is 5.73 Å². The van der Waals surface area contributed by atoms with Crippen LogP contribution in [0.25, 0.3) is 22.6 Å². The summed E-state index contributed by atoms with van der Waals surface area (Å²) in [7, 11) is 1.87. The van der Waals surface area contributed by atoms with Crippen LogP contribution >= 0.6 is 11.6 Å². The maximum absolute atomic E-state index is 9.29. The zero-order valence-electron chi connectivity index (χ0n) is 15.8. The van der Waals surface area contributed by atoms with Crippen LogP contribution in [0.4, 0.5) is 5.82 Å². The number of aryl methyl sites for hydroxylation is 1. The molecule has 0 aliphatic rings. The van der Waals surface area contributed by atoms with Crippen LogP contribution in [0.1, 0.15) is 16.8 Å². The Hall–Kier alpha value is -3.70. The highest BCUT2D eigenvalue weighted by molar-refractivity contribution is 6.35. The minimum atomic E-state index is 0.172. The first kappa shape index (κ1) is 18.7. The van der Waals surface area contributed by atoms with Crippen molar-refractivity contribution in [2.24, 2.45) is 7.05 Å². The topological polar surface area (TPSA) is 111 Å². The molecule has 0 amide bonds. The first-order valence-electron chi connectivity index (χ1n) is 8.80. The Labute approximate surface area is 172 Å². The predicted octanol–water partition coefficient (Wildman–Crippen LogP) is 3.20. The smallest absolute Gasteiger partial charge is 0.162 e. The van der Waals surface area contributed by atoms with Crippen LogP contribution in [0.3, 0.4) is 0 Å². The summed E-state index contributed by atoms with van der Waals surface area (Å²) in [4.78, 5) is 8.96. The van der Waals surface area contributed by atoms with Crippen molar-refractivity contribution < 1.29 is 0 Å². The minimum Gasteiger partial charge on any atom is -0.382 e. The molecule has 0 atom stereocenters. The Kier molecular flexibility index (Phi) is 4.74. The van der Waals surface area contributed by atoms with Gasteiger partial charge in [0.1, 0.15) is 10.8 Å². The third kappa shape index (κ3) is 3.56. The SMILES string of the molecule is Cc1c(C#N)cccc1-c1nc(N)c(Cl)c(-c2cnn(Cc3ccn(C)n3)c2)n1. The van der Waals surface area contributed by atoms with E-state index >= 15 is 0 Å². The van der Waals surface area contributed by atoms with Crippen molar-refractivity contribution in [1.82, 2.24) is 29.5 Å². The maximum atomic E-state index is 9.29. The Morgan fingerprint density at radius 1 is 1.24 bits per heavy atom. The molecule has 0 spiro atoms. The Bertz CT molecular complexity index is 1250. The van der Waals surface area contributed by atoms with Gasteiger partial charge in [0.25, 0.3) is 0 Å². The molecule has 0 radical (unpaired) electrons. The van der Waals surface area contributed by atoms with E-state index in [1.165, 1.54) is 0 Å². The Morgan fingerprint density at radius 3 is 2.79 bits per heavy atom. The maximum Gasteiger partial charge on any atom is 0.162 e. The number of nitrogens with zero attached hydrogens (tertiary/aromatic N) is 7. The lowest BCUT2D eigenvalue weighted by atomic mass is 10.0. The molecule has 3 heterocycles. The molecule has 4 rings (SSSR count). The fourth-order valence-electron chi connectivity index (χ4n) is 3.06. The van der Waals surface area contributed by atoms with E-state index in [4.69, 9.17) is 17.3 Å². The molecule has 1 aromatic carbocycles. The first-order chi connectivity index (χ1) is 14.0. The van der Waals surface area contributed by atoms with E-state index in [1.54, 1.807) is 27.7 Å². The Balaban J connectivity index is 1.75. The fourth-order valence-corrected chi connectivity index (χ4v) is 3.25. The van der Waals surface area contributed by atoms with E-state index in [0.717, 1.165) is 22.4 Å². The molecule has 3 aromatic heterocycles. The summed E-state index contributed by atoms with van der Waals surface area (Å²) in [6.07, 6.45) is 5.40. The fraction of sp³-hybridized carbons (Fsp3) is 0.150. The standard InChI is InChI=1S/C20H17ClN8/c1-12-13(8-22)4-3-5-16(12)20-25-18(17(21)19(23)26-20)14-9-24-29(10-14)11-15-6-7-28(2)27-15/h3-7,9-10H,11H2,1-2H3,(H2,23,25,26). The molecule has 0 aliphatic heterocycles. The normalized spacial score (nSPS) is 10.8. The van der Waals surface area contributed by atoms with E-state index in [9.17, 15) is 5.26 Å². The number of nitriles is 1. The van der Waals surface area contributed by atoms with Gasteiger partial charge in [0.15, 0.2) is 5.82 Å². The molecule has 8 nitrogen and oxygen atoms in total. The molecule has 9 heteroatoms. The van der Waals surface area contributed by atoms with Crippen LogP contribution in [0.2, 0.25) is 5.02 Å². The number of hydrogen-bond donors (Lipinski definition) is 1. The second-order valence-corrected chi connectivity index (χ2v) is 6.97. The molecular weight excluding hydrogens is 388 g/mol. The van der Waals surface area contributed by atoms with Crippen LogP contribution in [0, 0.1) is 18.3 Å². The minimum absolute atomic E-state index is 0.172. The second kappa shape index (κ2) is 7.37. The first-order valence-corrected chi connectivity index (χ1v) is 9.18. The summed E-state index contributed by atoms with van der Waals surface area (Å²) in [6, 6.07) is 9.50. The lowest BCUT2D eigenvalue weighted by molar-refractivity contribution is 0.650. The number of nitrogen functional groups attached to an aromatic ring is 1. The molecule has 144 valence electrons. The van der Waals surface area contributed by atoms with Gasteiger partial charge in [0.05, 0.1) is 35.8 Å². The summed E-state index contributed by atoms with van der Waals surface area (Å²) in [5, 5.41) is 18.3. The van der Waals surface area contributed by atoms with E-state index < -0.39 is 0 Å². The summed E-state index contributed by atoms with van der Waals surface area (Å²) in [5.41, 5.74) is 10.2. The van der Waals surface area contributed by atoms with E-state index in [0.29, 0.717) is 23.6 Å². The quantitative estimate of drug-likeness (QED) is 0.559. The number of aromatic nitrogens is 6. The largest absolute Gasteiger partial charge is 0.382 e. The van der Waals surface area contributed by atoms with Crippen LogP contribution in [0.5, 0.6) is 0 Å². The second-order valence-electron chi connectivity index (χ2n) is 6.59. The van der Waals surface area contributed by atoms with Crippen molar-refractivity contribution in [1.29, 1.82) is 5.26 Å². The van der Waals surface area contributed by atoms with Crippen molar-refractivity contribution in [2.45, 2.75) is 13.5 Å². The average Bonchev–Trinajstić information content (AvgIpc) is 3.33. The summed E-state index contributed by atoms with van der Waals surface area (Å²) in [5.74, 6) is 0.583. The van der Waals surface area contributed by atoms with Gasteiger partial charge in [-0.1, -0.05) is 23.7 Å². The van der Waals surface area contributed by atoms with Gasteiger partial charge in [0, 0.05) is 30.6 Å². The van der Waals surface area contributed by atoms with E-state index in [1.807, 2.05) is 38.5 Å². The molecule has 0 saturated heterocycles. The molecule has 0 fully saturated rings.